The van der Waals surface area contributed by atoms with E-state index in [1.54, 1.807) is 0 Å². The molecule has 0 aromatic heterocycles. The van der Waals surface area contributed by atoms with Crippen LogP contribution in [-0.2, 0) is 6.54 Å². The normalized spacial score (nSPS) is 17.9. The molecule has 0 aliphatic heterocycles. The van der Waals surface area contributed by atoms with Gasteiger partial charge in [-0.25, -0.2) is 0 Å². The Morgan fingerprint density at radius 2 is 1.87 bits per heavy atom. The summed E-state index contributed by atoms with van der Waals surface area (Å²) in [5, 5.41) is 3.67. The number of halogens is 1. The Bertz CT molecular complexity index is 305. The number of nitrogens with one attached hydrogen (secondary N) is 1. The van der Waals surface area contributed by atoms with Crippen LogP contribution in [0.5, 0.6) is 0 Å². The Kier molecular flexibility index (Phi) is 4.44. The smallest absolute Gasteiger partial charge is 0.0218 e. The minimum absolute atomic E-state index is 0.759. The highest BCUT2D eigenvalue weighted by Gasteiger charge is 2.12. The van der Waals surface area contributed by atoms with Crippen molar-refractivity contribution in [1.82, 2.24) is 5.32 Å². The van der Waals surface area contributed by atoms with Crippen molar-refractivity contribution in [3.05, 3.63) is 33.4 Å². The van der Waals surface area contributed by atoms with Crippen LogP contribution >= 0.6 is 22.6 Å². The molecule has 1 saturated carbocycles. The monoisotopic (exact) mass is 315 g/mol. The van der Waals surface area contributed by atoms with E-state index in [0.717, 1.165) is 12.6 Å². The maximum atomic E-state index is 3.67. The predicted octanol–water partition coefficient (Wildman–Crippen LogP) is 3.71. The summed E-state index contributed by atoms with van der Waals surface area (Å²) in [5.41, 5.74) is 1.43. The lowest BCUT2D eigenvalue weighted by Gasteiger charge is -2.23. The van der Waals surface area contributed by atoms with Gasteiger partial charge in [-0.05, 0) is 47.1 Å². The van der Waals surface area contributed by atoms with E-state index in [1.165, 1.54) is 41.2 Å². The van der Waals surface area contributed by atoms with E-state index >= 15 is 0 Å². The van der Waals surface area contributed by atoms with Crippen molar-refractivity contribution < 1.29 is 0 Å². The van der Waals surface area contributed by atoms with Crippen molar-refractivity contribution in [3.8, 4) is 0 Å². The molecule has 1 aromatic carbocycles. The summed E-state index contributed by atoms with van der Waals surface area (Å²) in [7, 11) is 0. The molecule has 0 atom stereocenters. The zero-order valence-electron chi connectivity index (χ0n) is 9.01. The largest absolute Gasteiger partial charge is 0.310 e. The maximum absolute atomic E-state index is 3.67. The van der Waals surface area contributed by atoms with Crippen LogP contribution in [0, 0.1) is 3.57 Å². The van der Waals surface area contributed by atoms with Crippen LogP contribution < -0.4 is 5.32 Å². The van der Waals surface area contributed by atoms with E-state index in [-0.39, 0.29) is 0 Å². The van der Waals surface area contributed by atoms with Crippen molar-refractivity contribution in [2.45, 2.75) is 44.7 Å². The summed E-state index contributed by atoms with van der Waals surface area (Å²) in [4.78, 5) is 0. The van der Waals surface area contributed by atoms with E-state index in [0.29, 0.717) is 0 Å². The highest BCUT2D eigenvalue weighted by molar-refractivity contribution is 14.1. The van der Waals surface area contributed by atoms with Crippen LogP contribution in [0.25, 0.3) is 0 Å². The van der Waals surface area contributed by atoms with Crippen molar-refractivity contribution in [2.75, 3.05) is 0 Å². The molecule has 0 bridgehead atoms. The fourth-order valence-electron chi connectivity index (χ4n) is 2.20. The van der Waals surface area contributed by atoms with Gasteiger partial charge in [0.2, 0.25) is 0 Å². The van der Waals surface area contributed by atoms with Crippen LogP contribution in [0.2, 0.25) is 0 Å². The zero-order chi connectivity index (χ0) is 10.5. The van der Waals surface area contributed by atoms with Crippen molar-refractivity contribution in [1.29, 1.82) is 0 Å². The van der Waals surface area contributed by atoms with Crippen LogP contribution in [-0.4, -0.2) is 6.04 Å². The molecule has 1 nitrogen and oxygen atoms in total. The molecule has 1 aliphatic rings. The quantitative estimate of drug-likeness (QED) is 0.839. The van der Waals surface area contributed by atoms with Crippen LogP contribution in [0.3, 0.4) is 0 Å². The van der Waals surface area contributed by atoms with Crippen LogP contribution in [0.4, 0.5) is 0 Å². The Balaban J connectivity index is 1.84. The van der Waals surface area contributed by atoms with Crippen LogP contribution in [0.15, 0.2) is 24.3 Å². The van der Waals surface area contributed by atoms with Gasteiger partial charge in [-0.3, -0.25) is 0 Å². The van der Waals surface area contributed by atoms with Gasteiger partial charge in [0, 0.05) is 16.2 Å². The first-order chi connectivity index (χ1) is 7.36. The standard InChI is InChI=1S/C13H18IN/c14-13-9-5-4-6-11(13)10-15-12-7-2-1-3-8-12/h4-6,9,12,15H,1-3,7-8,10H2. The first-order valence-corrected chi connectivity index (χ1v) is 6.91. The third kappa shape index (κ3) is 3.45. The summed E-state index contributed by atoms with van der Waals surface area (Å²) >= 11 is 2.41. The van der Waals surface area contributed by atoms with Gasteiger partial charge in [0.25, 0.3) is 0 Å². The lowest BCUT2D eigenvalue weighted by Crippen LogP contribution is -2.30. The molecule has 1 fully saturated rings. The molecule has 15 heavy (non-hydrogen) atoms. The van der Waals surface area contributed by atoms with E-state index in [2.05, 4.69) is 52.2 Å². The third-order valence-electron chi connectivity index (χ3n) is 3.14. The highest BCUT2D eigenvalue weighted by atomic mass is 127. The van der Waals surface area contributed by atoms with Crippen molar-refractivity contribution in [2.24, 2.45) is 0 Å². The molecule has 0 amide bonds. The summed E-state index contributed by atoms with van der Waals surface area (Å²) in [6.45, 7) is 1.03. The Labute approximate surface area is 106 Å². The molecule has 0 radical (unpaired) electrons. The summed E-state index contributed by atoms with van der Waals surface area (Å²) in [5.74, 6) is 0. The molecular formula is C13H18IN. The summed E-state index contributed by atoms with van der Waals surface area (Å²) < 4.78 is 1.37. The van der Waals surface area contributed by atoms with E-state index in [1.807, 2.05) is 0 Å². The van der Waals surface area contributed by atoms with E-state index in [4.69, 9.17) is 0 Å². The fraction of sp³-hybridized carbons (Fsp3) is 0.538. The second kappa shape index (κ2) is 5.85. The van der Waals surface area contributed by atoms with E-state index in [9.17, 15) is 0 Å². The summed E-state index contributed by atoms with van der Waals surface area (Å²) in [6.07, 6.45) is 6.97. The average molecular weight is 315 g/mol. The Morgan fingerprint density at radius 1 is 1.13 bits per heavy atom. The number of hydrogen-bond donors (Lipinski definition) is 1. The van der Waals surface area contributed by atoms with Crippen molar-refractivity contribution >= 4 is 22.6 Å². The molecule has 0 spiro atoms. The molecule has 0 unspecified atom stereocenters. The first-order valence-electron chi connectivity index (χ1n) is 5.83. The highest BCUT2D eigenvalue weighted by Crippen LogP contribution is 2.18. The van der Waals surface area contributed by atoms with Gasteiger partial charge in [0.05, 0.1) is 0 Å². The second-order valence-corrected chi connectivity index (χ2v) is 5.47. The number of rotatable bonds is 3. The van der Waals surface area contributed by atoms with Gasteiger partial charge in [0.1, 0.15) is 0 Å². The Hall–Kier alpha value is -0.0900. The van der Waals surface area contributed by atoms with Gasteiger partial charge in [-0.1, -0.05) is 37.5 Å². The molecular weight excluding hydrogens is 297 g/mol. The Morgan fingerprint density at radius 3 is 2.60 bits per heavy atom. The van der Waals surface area contributed by atoms with Gasteiger partial charge in [-0.2, -0.15) is 0 Å². The molecule has 0 heterocycles. The average Bonchev–Trinajstić information content (AvgIpc) is 2.29. The van der Waals surface area contributed by atoms with Gasteiger partial charge in [-0.15, -0.1) is 0 Å². The van der Waals surface area contributed by atoms with Crippen molar-refractivity contribution in [3.63, 3.8) is 0 Å². The fourth-order valence-corrected chi connectivity index (χ4v) is 2.78. The van der Waals surface area contributed by atoms with Gasteiger partial charge < -0.3 is 5.32 Å². The molecule has 2 heteroatoms. The second-order valence-electron chi connectivity index (χ2n) is 4.31. The van der Waals surface area contributed by atoms with Gasteiger partial charge in [0.15, 0.2) is 0 Å². The predicted molar refractivity (Wildman–Crippen MR) is 72.9 cm³/mol. The first kappa shape index (κ1) is 11.4. The minimum Gasteiger partial charge on any atom is -0.310 e. The third-order valence-corrected chi connectivity index (χ3v) is 4.20. The topological polar surface area (TPSA) is 12.0 Å². The molecule has 1 aliphatic carbocycles. The molecule has 1 N–H and O–H groups in total. The molecule has 0 saturated heterocycles. The molecule has 82 valence electrons. The van der Waals surface area contributed by atoms with Crippen LogP contribution in [0.1, 0.15) is 37.7 Å². The number of benzene rings is 1. The lowest BCUT2D eigenvalue weighted by molar-refractivity contribution is 0.372. The van der Waals surface area contributed by atoms with Gasteiger partial charge >= 0.3 is 0 Å². The lowest BCUT2D eigenvalue weighted by atomic mass is 9.95. The minimum atomic E-state index is 0.759. The molecule has 2 rings (SSSR count). The summed E-state index contributed by atoms with van der Waals surface area (Å²) in [6, 6.07) is 9.39. The SMILES string of the molecule is Ic1ccccc1CNC1CCCCC1. The molecule has 1 aromatic rings. The van der Waals surface area contributed by atoms with E-state index < -0.39 is 0 Å². The maximum Gasteiger partial charge on any atom is 0.0218 e. The zero-order valence-corrected chi connectivity index (χ0v) is 11.2. The number of hydrogen-bond acceptors (Lipinski definition) is 1.